The number of hydrogen-bond donors (Lipinski definition) is 0. The smallest absolute Gasteiger partial charge is 0.238 e. The van der Waals surface area contributed by atoms with E-state index in [9.17, 15) is 0 Å². The van der Waals surface area contributed by atoms with Gasteiger partial charge in [-0.15, -0.1) is 11.3 Å². The SMILES string of the molecule is c1ccc(-c2cc(-c3ccc(-n4c5ccccc5c5c6sc7ccccc7c6ccc54)cc3)nc(-c3ccccc3)n2)cc1.c1ccc(-c2cc(-c3ccccc3)nc(-n3c4ccccc4c4ccc5c6ccccc6n(-c6ccccn6)c5c43)n2)cc1.c1ccc(-c2cc(-c3ccccc3)nc(-n3c4ccccc4c4ccc5c6ccccc6n(-c6nc(-c7ccccc7)nc(-c7ccccc7)n6)c5c43)n2)cc1. The predicted octanol–water partition coefficient (Wildman–Crippen LogP) is 31.9. The Bertz CT molecular complexity index is 9540. The molecule has 15 nitrogen and oxygen atoms in total. The number of pyridine rings is 1. The molecule has 18 aromatic carbocycles. The van der Waals surface area contributed by atoms with Crippen molar-refractivity contribution in [3.63, 3.8) is 0 Å². The Labute approximate surface area is 829 Å². The maximum atomic E-state index is 5.34. The fraction of sp³-hybridized carbons (Fsp3) is 0. The Hall–Kier alpha value is -19.4. The van der Waals surface area contributed by atoms with Crippen LogP contribution < -0.4 is 0 Å². The summed E-state index contributed by atoms with van der Waals surface area (Å²) in [5.41, 5.74) is 26.0. The van der Waals surface area contributed by atoms with Gasteiger partial charge in [-0.25, -0.2) is 39.9 Å². The Morgan fingerprint density at radius 1 is 0.174 bits per heavy atom. The van der Waals surface area contributed by atoms with E-state index in [1.165, 1.54) is 47.4 Å². The van der Waals surface area contributed by atoms with E-state index < -0.39 is 0 Å². The molecule has 16 heteroatoms. The van der Waals surface area contributed by atoms with Crippen LogP contribution in [-0.4, -0.2) is 72.7 Å². The first-order valence-corrected chi connectivity index (χ1v) is 48.9. The molecule has 11 heterocycles. The topological polar surface area (TPSA) is 154 Å². The minimum absolute atomic E-state index is 0.525. The zero-order chi connectivity index (χ0) is 95.1. The van der Waals surface area contributed by atoms with Crippen molar-refractivity contribution in [1.82, 2.24) is 72.7 Å². The van der Waals surface area contributed by atoms with E-state index >= 15 is 0 Å². The summed E-state index contributed by atoms with van der Waals surface area (Å²) >= 11 is 1.89. The second-order valence-electron chi connectivity index (χ2n) is 35.7. The van der Waals surface area contributed by atoms with Crippen molar-refractivity contribution in [3.8, 4) is 131 Å². The van der Waals surface area contributed by atoms with Crippen LogP contribution in [0.25, 0.3) is 260 Å². The van der Waals surface area contributed by atoms with Crippen molar-refractivity contribution in [1.29, 1.82) is 0 Å². The van der Waals surface area contributed by atoms with Gasteiger partial charge in [0, 0.05) is 136 Å². The van der Waals surface area contributed by atoms with Crippen LogP contribution in [0.1, 0.15) is 0 Å². The standard InChI is InChI=1S/C49H31N7.C40H25N3S.C39H25N5/c1-5-17-32(18-6-1)40-31-41(33-19-7-2-8-20-33)51-48(50-40)55-42-27-15-13-25-36(42)38-29-30-39-37-26-14-16-28-43(37)56(45(39)44(38)55)49-53-46(34-21-9-3-10-22-34)52-47(54-49)35-23-11-4-12-24-35;1-3-11-26(12-4-1)33-25-34(42-40(41-33)28-13-5-2-6-14-28)27-19-21-29(22-20-27)43-35-17-9-7-16-32(35)38-36(43)24-23-31-30-15-8-10-18-37(30)44-39(31)38;1-3-13-26(14-4-1)32-25-33(27-15-5-2-6-16-27)42-39(41-32)44-35-20-10-8-18-29(35)31-23-22-30-28-17-7-9-19-34(28)43(37(30)38(31)44)36-21-11-12-24-40-36/h1-31H;2*1-25H. The van der Waals surface area contributed by atoms with Gasteiger partial charge in [0.25, 0.3) is 0 Å². The van der Waals surface area contributed by atoms with Gasteiger partial charge >= 0.3 is 0 Å². The molecule has 144 heavy (non-hydrogen) atoms. The first-order chi connectivity index (χ1) is 71.4. The van der Waals surface area contributed by atoms with Gasteiger partial charge in [-0.1, -0.05) is 400 Å². The van der Waals surface area contributed by atoms with Gasteiger partial charge < -0.3 is 4.57 Å². The number of benzene rings is 18. The van der Waals surface area contributed by atoms with Crippen LogP contribution in [0.3, 0.4) is 0 Å². The van der Waals surface area contributed by atoms with E-state index in [4.69, 9.17) is 49.8 Å². The van der Waals surface area contributed by atoms with Gasteiger partial charge in [0.05, 0.1) is 89.3 Å². The molecule has 0 aliphatic rings. The summed E-state index contributed by atoms with van der Waals surface area (Å²) in [6.07, 6.45) is 1.85. The summed E-state index contributed by atoms with van der Waals surface area (Å²) in [4.78, 5) is 51.5. The Morgan fingerprint density at radius 3 is 0.833 bits per heavy atom. The Morgan fingerprint density at radius 2 is 0.458 bits per heavy atom. The van der Waals surface area contributed by atoms with Gasteiger partial charge in [0.15, 0.2) is 17.5 Å². The van der Waals surface area contributed by atoms with Crippen LogP contribution in [0.4, 0.5) is 0 Å². The maximum absolute atomic E-state index is 5.34. The van der Waals surface area contributed by atoms with E-state index in [1.807, 2.05) is 175 Å². The Balaban J connectivity index is 0.000000109. The first kappa shape index (κ1) is 83.9. The normalized spacial score (nSPS) is 11.6. The van der Waals surface area contributed by atoms with Crippen molar-refractivity contribution in [2.24, 2.45) is 0 Å². The Kier molecular flexibility index (Phi) is 20.7. The van der Waals surface area contributed by atoms with E-state index in [0.717, 1.165) is 183 Å². The molecule has 0 fully saturated rings. The van der Waals surface area contributed by atoms with Crippen LogP contribution >= 0.6 is 11.3 Å². The van der Waals surface area contributed by atoms with Crippen LogP contribution in [0.15, 0.2) is 492 Å². The summed E-state index contributed by atoms with van der Waals surface area (Å²) in [7, 11) is 0. The summed E-state index contributed by atoms with van der Waals surface area (Å²) < 4.78 is 14.0. The fourth-order valence-corrected chi connectivity index (χ4v) is 22.0. The van der Waals surface area contributed by atoms with E-state index in [0.29, 0.717) is 29.5 Å². The monoisotopic (exact) mass is 1860 g/mol. The van der Waals surface area contributed by atoms with Gasteiger partial charge in [-0.2, -0.15) is 9.97 Å². The number of hydrogen-bond acceptors (Lipinski definition) is 11. The lowest BCUT2D eigenvalue weighted by Gasteiger charge is -2.14. The lowest BCUT2D eigenvalue weighted by Crippen LogP contribution is -2.08. The van der Waals surface area contributed by atoms with Crippen molar-refractivity contribution in [3.05, 3.63) is 492 Å². The molecular formula is C128H81N15S. The molecule has 0 atom stereocenters. The molecule has 0 spiro atoms. The minimum Gasteiger partial charge on any atom is -0.309 e. The van der Waals surface area contributed by atoms with E-state index in [1.54, 1.807) is 0 Å². The van der Waals surface area contributed by atoms with E-state index in [-0.39, 0.29) is 0 Å². The summed E-state index contributed by atoms with van der Waals surface area (Å²) in [6, 6.07) is 168. The second kappa shape index (κ2) is 35.5. The average Bonchev–Trinajstić information content (AvgIpc) is 1.55. The molecule has 674 valence electrons. The van der Waals surface area contributed by atoms with E-state index in [2.05, 4.69) is 350 Å². The van der Waals surface area contributed by atoms with Crippen molar-refractivity contribution in [2.75, 3.05) is 0 Å². The van der Waals surface area contributed by atoms with Crippen LogP contribution in [0, 0.1) is 0 Å². The third-order valence-corrected chi connectivity index (χ3v) is 28.4. The largest absolute Gasteiger partial charge is 0.309 e. The molecule has 0 aliphatic carbocycles. The molecule has 29 aromatic rings. The highest BCUT2D eigenvalue weighted by Gasteiger charge is 2.29. The lowest BCUT2D eigenvalue weighted by atomic mass is 10.1. The minimum atomic E-state index is 0.525. The van der Waals surface area contributed by atoms with Gasteiger partial charge in [0.1, 0.15) is 5.82 Å². The summed E-state index contributed by atoms with van der Waals surface area (Å²) in [6.45, 7) is 0. The van der Waals surface area contributed by atoms with Crippen molar-refractivity contribution < 1.29 is 0 Å². The second-order valence-corrected chi connectivity index (χ2v) is 36.7. The molecule has 11 aromatic heterocycles. The molecule has 0 unspecified atom stereocenters. The molecule has 0 N–H and O–H groups in total. The number of nitrogens with zero attached hydrogens (tertiary/aromatic N) is 15. The molecule has 0 bridgehead atoms. The molecular weight excluding hydrogens is 1780 g/mol. The maximum Gasteiger partial charge on any atom is 0.238 e. The first-order valence-electron chi connectivity index (χ1n) is 48.1. The quantitative estimate of drug-likeness (QED) is 0.103. The molecule has 0 radical (unpaired) electrons. The zero-order valence-corrected chi connectivity index (χ0v) is 78.2. The van der Waals surface area contributed by atoms with Gasteiger partial charge in [0.2, 0.25) is 17.8 Å². The van der Waals surface area contributed by atoms with Crippen molar-refractivity contribution in [2.45, 2.75) is 0 Å². The number of para-hydroxylation sites is 5. The van der Waals surface area contributed by atoms with Crippen molar-refractivity contribution >= 4 is 141 Å². The average molecular weight is 1860 g/mol. The number of fused-ring (bicyclic) bond motifs is 21. The van der Waals surface area contributed by atoms with Crippen LogP contribution in [-0.2, 0) is 0 Å². The highest BCUT2D eigenvalue weighted by Crippen LogP contribution is 2.48. The number of aromatic nitrogens is 15. The fourth-order valence-electron chi connectivity index (χ4n) is 20.7. The third-order valence-electron chi connectivity index (χ3n) is 27.2. The van der Waals surface area contributed by atoms with Gasteiger partial charge in [-0.3, -0.25) is 18.3 Å². The highest BCUT2D eigenvalue weighted by atomic mass is 32.1. The van der Waals surface area contributed by atoms with Gasteiger partial charge in [-0.05, 0) is 84.9 Å². The third kappa shape index (κ3) is 14.7. The highest BCUT2D eigenvalue weighted by molar-refractivity contribution is 7.26. The van der Waals surface area contributed by atoms with Crippen LogP contribution in [0.5, 0.6) is 0 Å². The predicted molar refractivity (Wildman–Crippen MR) is 591 cm³/mol. The number of thiophene rings is 1. The lowest BCUT2D eigenvalue weighted by molar-refractivity contribution is 0.949. The molecule has 0 aliphatic heterocycles. The summed E-state index contributed by atoms with van der Waals surface area (Å²) in [5, 5.41) is 14.2. The molecule has 0 amide bonds. The molecule has 0 saturated carbocycles. The zero-order valence-electron chi connectivity index (χ0n) is 77.4. The molecule has 29 rings (SSSR count). The van der Waals surface area contributed by atoms with Crippen LogP contribution in [0.2, 0.25) is 0 Å². The molecule has 0 saturated heterocycles. The summed E-state index contributed by atoms with van der Waals surface area (Å²) in [5.74, 6) is 4.51. The number of rotatable bonds is 14.